The molecule has 0 radical (unpaired) electrons. The third kappa shape index (κ3) is 4.40. The Morgan fingerprint density at radius 1 is 1.30 bits per heavy atom. The highest BCUT2D eigenvalue weighted by atomic mass is 16.5. The van der Waals surface area contributed by atoms with Crippen molar-refractivity contribution < 1.29 is 9.53 Å². The number of rotatable bonds is 5. The number of carbonyl (C=O) groups excluding carboxylic acids is 1. The highest BCUT2D eigenvalue weighted by molar-refractivity contribution is 5.80. The van der Waals surface area contributed by atoms with E-state index in [0.717, 1.165) is 31.6 Å². The molecule has 0 unspecified atom stereocenters. The van der Waals surface area contributed by atoms with Crippen LogP contribution in [-0.4, -0.2) is 42.0 Å². The van der Waals surface area contributed by atoms with Gasteiger partial charge in [0.1, 0.15) is 0 Å². The molecule has 2 heterocycles. The van der Waals surface area contributed by atoms with E-state index in [4.69, 9.17) is 4.74 Å². The second-order valence-electron chi connectivity index (χ2n) is 4.97. The average molecular weight is 277 g/mol. The van der Waals surface area contributed by atoms with Crippen molar-refractivity contribution in [2.45, 2.75) is 32.6 Å². The van der Waals surface area contributed by atoms with E-state index < -0.39 is 0 Å². The number of nitrogens with one attached hydrogen (secondary N) is 1. The van der Waals surface area contributed by atoms with Gasteiger partial charge in [-0.3, -0.25) is 4.79 Å². The first kappa shape index (κ1) is 14.6. The minimum absolute atomic E-state index is 0.167. The molecule has 5 nitrogen and oxygen atoms in total. The highest BCUT2D eigenvalue weighted by Crippen LogP contribution is 2.12. The summed E-state index contributed by atoms with van der Waals surface area (Å²) in [6.07, 6.45) is 6.41. The van der Waals surface area contributed by atoms with E-state index in [2.05, 4.69) is 10.3 Å². The summed E-state index contributed by atoms with van der Waals surface area (Å²) >= 11 is 0. The highest BCUT2D eigenvalue weighted by Gasteiger charge is 2.14. The van der Waals surface area contributed by atoms with E-state index >= 15 is 0 Å². The fourth-order valence-electron chi connectivity index (χ4n) is 2.33. The SMILES string of the molecule is CCOc1ccc(NCC(=O)N2CCCCCC2)cn1. The van der Waals surface area contributed by atoms with E-state index in [9.17, 15) is 4.79 Å². The molecule has 0 bridgehead atoms. The van der Waals surface area contributed by atoms with Gasteiger partial charge in [-0.05, 0) is 25.8 Å². The summed E-state index contributed by atoms with van der Waals surface area (Å²) in [6.45, 7) is 4.64. The molecule has 1 fully saturated rings. The van der Waals surface area contributed by atoms with Crippen LogP contribution in [0.2, 0.25) is 0 Å². The summed E-state index contributed by atoms with van der Waals surface area (Å²) in [5, 5.41) is 3.12. The lowest BCUT2D eigenvalue weighted by Crippen LogP contribution is -2.36. The van der Waals surface area contributed by atoms with E-state index in [-0.39, 0.29) is 5.91 Å². The predicted molar refractivity (Wildman–Crippen MR) is 78.9 cm³/mol. The Hall–Kier alpha value is -1.78. The van der Waals surface area contributed by atoms with Gasteiger partial charge in [-0.25, -0.2) is 4.98 Å². The number of hydrogen-bond donors (Lipinski definition) is 1. The van der Waals surface area contributed by atoms with Crippen LogP contribution in [0.25, 0.3) is 0 Å². The van der Waals surface area contributed by atoms with Gasteiger partial charge in [0.15, 0.2) is 0 Å². The van der Waals surface area contributed by atoms with Crippen LogP contribution in [0.4, 0.5) is 5.69 Å². The van der Waals surface area contributed by atoms with Crippen molar-refractivity contribution in [2.24, 2.45) is 0 Å². The second-order valence-corrected chi connectivity index (χ2v) is 4.97. The standard InChI is InChI=1S/C15H23N3O2/c1-2-20-14-8-7-13(11-17-14)16-12-15(19)18-9-5-3-4-6-10-18/h7-8,11,16H,2-6,9-10,12H2,1H3. The Morgan fingerprint density at radius 3 is 2.65 bits per heavy atom. The summed E-state index contributed by atoms with van der Waals surface area (Å²) in [4.78, 5) is 18.2. The molecule has 0 aromatic carbocycles. The molecule has 0 atom stereocenters. The number of ether oxygens (including phenoxy) is 1. The fourth-order valence-corrected chi connectivity index (χ4v) is 2.33. The topological polar surface area (TPSA) is 54.5 Å². The normalized spacial score (nSPS) is 15.6. The van der Waals surface area contributed by atoms with Crippen LogP contribution in [0.1, 0.15) is 32.6 Å². The number of amides is 1. The Kier molecular flexibility index (Phi) is 5.65. The van der Waals surface area contributed by atoms with E-state index in [1.165, 1.54) is 12.8 Å². The van der Waals surface area contributed by atoms with Crippen molar-refractivity contribution in [1.82, 2.24) is 9.88 Å². The second kappa shape index (κ2) is 7.72. The van der Waals surface area contributed by atoms with Gasteiger partial charge in [-0.1, -0.05) is 12.8 Å². The molecule has 0 spiro atoms. The summed E-state index contributed by atoms with van der Waals surface area (Å²) in [5.74, 6) is 0.776. The van der Waals surface area contributed by atoms with Crippen LogP contribution in [0.15, 0.2) is 18.3 Å². The molecule has 1 saturated heterocycles. The van der Waals surface area contributed by atoms with Gasteiger partial charge in [0.05, 0.1) is 25.0 Å². The third-order valence-corrected chi connectivity index (χ3v) is 3.43. The molecular formula is C15H23N3O2. The first-order valence-electron chi connectivity index (χ1n) is 7.40. The van der Waals surface area contributed by atoms with Crippen molar-refractivity contribution in [3.63, 3.8) is 0 Å². The van der Waals surface area contributed by atoms with Gasteiger partial charge >= 0.3 is 0 Å². The molecule has 1 aromatic rings. The molecular weight excluding hydrogens is 254 g/mol. The quantitative estimate of drug-likeness (QED) is 0.897. The molecule has 1 aliphatic heterocycles. The van der Waals surface area contributed by atoms with Crippen LogP contribution in [-0.2, 0) is 4.79 Å². The third-order valence-electron chi connectivity index (χ3n) is 3.43. The maximum absolute atomic E-state index is 12.1. The minimum atomic E-state index is 0.167. The van der Waals surface area contributed by atoms with Crippen LogP contribution >= 0.6 is 0 Å². The first-order valence-corrected chi connectivity index (χ1v) is 7.40. The van der Waals surface area contributed by atoms with Gasteiger partial charge in [0.25, 0.3) is 0 Å². The van der Waals surface area contributed by atoms with E-state index in [0.29, 0.717) is 19.0 Å². The number of likely N-dealkylation sites (tertiary alicyclic amines) is 1. The van der Waals surface area contributed by atoms with E-state index in [1.807, 2.05) is 24.0 Å². The molecule has 5 heteroatoms. The molecule has 1 N–H and O–H groups in total. The summed E-state index contributed by atoms with van der Waals surface area (Å²) in [7, 11) is 0. The Bertz CT molecular complexity index is 412. The number of nitrogens with zero attached hydrogens (tertiary/aromatic N) is 2. The molecule has 1 aromatic heterocycles. The van der Waals surface area contributed by atoms with Crippen molar-refractivity contribution in [2.75, 3.05) is 31.6 Å². The lowest BCUT2D eigenvalue weighted by molar-refractivity contribution is -0.129. The van der Waals surface area contributed by atoms with Gasteiger partial charge in [0, 0.05) is 19.2 Å². The Labute approximate surface area is 120 Å². The smallest absolute Gasteiger partial charge is 0.241 e. The molecule has 0 saturated carbocycles. The predicted octanol–water partition coefficient (Wildman–Crippen LogP) is 2.29. The van der Waals surface area contributed by atoms with Crippen molar-refractivity contribution in [3.8, 4) is 5.88 Å². The molecule has 20 heavy (non-hydrogen) atoms. The number of aromatic nitrogens is 1. The zero-order chi connectivity index (χ0) is 14.2. The molecule has 1 aliphatic rings. The van der Waals surface area contributed by atoms with Crippen LogP contribution < -0.4 is 10.1 Å². The van der Waals surface area contributed by atoms with Crippen LogP contribution in [0.5, 0.6) is 5.88 Å². The van der Waals surface area contributed by atoms with Crippen LogP contribution in [0.3, 0.4) is 0 Å². The lowest BCUT2D eigenvalue weighted by Gasteiger charge is -2.20. The number of anilines is 1. The van der Waals surface area contributed by atoms with Gasteiger partial charge in [-0.2, -0.15) is 0 Å². The number of hydrogen-bond acceptors (Lipinski definition) is 4. The number of pyridine rings is 1. The Morgan fingerprint density at radius 2 is 2.05 bits per heavy atom. The maximum atomic E-state index is 12.1. The van der Waals surface area contributed by atoms with Gasteiger partial charge < -0.3 is 15.0 Å². The Balaban J connectivity index is 1.80. The average Bonchev–Trinajstić information content (AvgIpc) is 2.76. The monoisotopic (exact) mass is 277 g/mol. The fraction of sp³-hybridized carbons (Fsp3) is 0.600. The van der Waals surface area contributed by atoms with Crippen molar-refractivity contribution in [1.29, 1.82) is 0 Å². The van der Waals surface area contributed by atoms with Gasteiger partial charge in [0.2, 0.25) is 11.8 Å². The molecule has 2 rings (SSSR count). The molecule has 1 amide bonds. The minimum Gasteiger partial charge on any atom is -0.478 e. The zero-order valence-corrected chi connectivity index (χ0v) is 12.1. The number of carbonyl (C=O) groups is 1. The van der Waals surface area contributed by atoms with Crippen LogP contribution in [0, 0.1) is 0 Å². The summed E-state index contributed by atoms with van der Waals surface area (Å²) in [5.41, 5.74) is 0.844. The van der Waals surface area contributed by atoms with Gasteiger partial charge in [-0.15, -0.1) is 0 Å². The van der Waals surface area contributed by atoms with Crippen molar-refractivity contribution >= 4 is 11.6 Å². The zero-order valence-electron chi connectivity index (χ0n) is 12.1. The molecule has 0 aliphatic carbocycles. The van der Waals surface area contributed by atoms with Crippen molar-refractivity contribution in [3.05, 3.63) is 18.3 Å². The van der Waals surface area contributed by atoms with E-state index in [1.54, 1.807) is 6.20 Å². The largest absolute Gasteiger partial charge is 0.478 e. The summed E-state index contributed by atoms with van der Waals surface area (Å²) in [6, 6.07) is 3.69. The maximum Gasteiger partial charge on any atom is 0.241 e. The lowest BCUT2D eigenvalue weighted by atomic mass is 10.2. The molecule has 110 valence electrons. The first-order chi connectivity index (χ1) is 9.79. The summed E-state index contributed by atoms with van der Waals surface area (Å²) < 4.78 is 5.28.